The van der Waals surface area contributed by atoms with E-state index >= 15 is 0 Å². The maximum atomic E-state index is 13.7. The van der Waals surface area contributed by atoms with Crippen LogP contribution in [-0.4, -0.2) is 22.9 Å². The highest BCUT2D eigenvalue weighted by Crippen LogP contribution is 2.28. The minimum absolute atomic E-state index is 0.335. The summed E-state index contributed by atoms with van der Waals surface area (Å²) in [5.41, 5.74) is 0. The number of anilines is 1. The van der Waals surface area contributed by atoms with Gasteiger partial charge in [0.2, 0.25) is 0 Å². The minimum Gasteiger partial charge on any atom is -0.353 e. The zero-order chi connectivity index (χ0) is 11.7. The van der Waals surface area contributed by atoms with E-state index in [-0.39, 0.29) is 5.82 Å². The molecule has 1 saturated heterocycles. The van der Waals surface area contributed by atoms with E-state index in [1.165, 1.54) is 12.3 Å². The molecular formula is C11H13BrClFN2. The van der Waals surface area contributed by atoms with Crippen LogP contribution in [0.5, 0.6) is 0 Å². The van der Waals surface area contributed by atoms with Crippen LogP contribution in [0.15, 0.2) is 12.3 Å². The van der Waals surface area contributed by atoms with Gasteiger partial charge in [0.25, 0.3) is 0 Å². The van der Waals surface area contributed by atoms with Gasteiger partial charge >= 0.3 is 0 Å². The van der Waals surface area contributed by atoms with E-state index in [1.807, 2.05) is 4.90 Å². The smallest absolute Gasteiger partial charge is 0.167 e. The summed E-state index contributed by atoms with van der Waals surface area (Å²) < 4.78 is 13.7. The van der Waals surface area contributed by atoms with E-state index in [0.29, 0.717) is 21.6 Å². The Morgan fingerprint density at radius 3 is 3.00 bits per heavy atom. The van der Waals surface area contributed by atoms with Gasteiger partial charge in [-0.2, -0.15) is 0 Å². The van der Waals surface area contributed by atoms with Crippen LogP contribution >= 0.6 is 27.5 Å². The second-order valence-corrected chi connectivity index (χ2v) is 5.80. The minimum atomic E-state index is -0.346. The molecule has 0 aromatic carbocycles. The highest BCUT2D eigenvalue weighted by Gasteiger charge is 2.26. The molecule has 0 amide bonds. The van der Waals surface area contributed by atoms with Crippen molar-refractivity contribution in [3.63, 3.8) is 0 Å². The molecule has 0 spiro atoms. The molecule has 1 aliphatic rings. The fraction of sp³-hybridized carbons (Fsp3) is 0.545. The fourth-order valence-electron chi connectivity index (χ4n) is 1.85. The summed E-state index contributed by atoms with van der Waals surface area (Å²) in [6.45, 7) is 3.82. The molecular weight excluding hydrogens is 294 g/mol. The third-order valence-electron chi connectivity index (χ3n) is 2.95. The molecule has 0 bridgehead atoms. The van der Waals surface area contributed by atoms with Crippen LogP contribution in [0, 0.1) is 11.7 Å². The van der Waals surface area contributed by atoms with E-state index in [9.17, 15) is 4.39 Å². The van der Waals surface area contributed by atoms with Crippen molar-refractivity contribution >= 4 is 33.3 Å². The predicted octanol–water partition coefficient (Wildman–Crippen LogP) is 3.48. The van der Waals surface area contributed by atoms with Gasteiger partial charge in [-0.25, -0.2) is 9.37 Å². The highest BCUT2D eigenvalue weighted by molar-refractivity contribution is 9.09. The Hall–Kier alpha value is -0.350. The Balaban J connectivity index is 2.18. The summed E-state index contributed by atoms with van der Waals surface area (Å²) >= 11 is 9.29. The molecule has 2 rings (SSSR count). The predicted molar refractivity (Wildman–Crippen MR) is 67.9 cm³/mol. The lowest BCUT2D eigenvalue weighted by molar-refractivity contribution is 0.449. The summed E-state index contributed by atoms with van der Waals surface area (Å²) in [4.78, 5) is 6.41. The van der Waals surface area contributed by atoms with Gasteiger partial charge in [-0.1, -0.05) is 34.5 Å². The lowest BCUT2D eigenvalue weighted by Gasteiger charge is -2.35. The van der Waals surface area contributed by atoms with Crippen molar-refractivity contribution in [2.75, 3.05) is 18.0 Å². The van der Waals surface area contributed by atoms with Gasteiger partial charge in [-0.15, -0.1) is 0 Å². The molecule has 2 nitrogen and oxygen atoms in total. The van der Waals surface area contributed by atoms with Gasteiger partial charge in [-0.3, -0.25) is 0 Å². The van der Waals surface area contributed by atoms with Crippen molar-refractivity contribution in [2.45, 2.75) is 18.2 Å². The first kappa shape index (κ1) is 12.1. The van der Waals surface area contributed by atoms with Crippen molar-refractivity contribution in [1.29, 1.82) is 0 Å². The molecule has 2 unspecified atom stereocenters. The van der Waals surface area contributed by atoms with Gasteiger partial charge in [0, 0.05) is 24.1 Å². The van der Waals surface area contributed by atoms with Crippen molar-refractivity contribution < 1.29 is 4.39 Å². The first-order valence-corrected chi connectivity index (χ1v) is 6.57. The molecule has 0 radical (unpaired) electrons. The van der Waals surface area contributed by atoms with E-state index in [2.05, 4.69) is 27.8 Å². The maximum Gasteiger partial charge on any atom is 0.167 e. The number of halogens is 3. The summed E-state index contributed by atoms with van der Waals surface area (Å²) in [5.74, 6) is 0.675. The summed E-state index contributed by atoms with van der Waals surface area (Å²) in [6, 6.07) is 1.31. The van der Waals surface area contributed by atoms with Gasteiger partial charge in [0.1, 0.15) is 0 Å². The SMILES string of the molecule is CC1CCN(c2ncc(Cl)cc2F)CC1Br. The molecule has 1 aromatic rings. The molecule has 1 aliphatic heterocycles. The highest BCUT2D eigenvalue weighted by atomic mass is 79.9. The van der Waals surface area contributed by atoms with Gasteiger partial charge in [0.15, 0.2) is 11.6 Å². The van der Waals surface area contributed by atoms with E-state index in [4.69, 9.17) is 11.6 Å². The molecule has 0 saturated carbocycles. The average molecular weight is 308 g/mol. The van der Waals surface area contributed by atoms with E-state index < -0.39 is 0 Å². The van der Waals surface area contributed by atoms with Crippen LogP contribution in [0.3, 0.4) is 0 Å². The standard InChI is InChI=1S/C11H13BrClFN2/c1-7-2-3-16(6-9(7)12)11-10(14)4-8(13)5-15-11/h4-5,7,9H,2-3,6H2,1H3. The number of aromatic nitrogens is 1. The number of alkyl halides is 1. The third kappa shape index (κ3) is 2.48. The topological polar surface area (TPSA) is 16.1 Å². The van der Waals surface area contributed by atoms with Crippen LogP contribution in [0.4, 0.5) is 10.2 Å². The number of hydrogen-bond acceptors (Lipinski definition) is 2. The van der Waals surface area contributed by atoms with Gasteiger partial charge in [-0.05, 0) is 18.4 Å². The molecule has 0 N–H and O–H groups in total. The fourth-order valence-corrected chi connectivity index (χ4v) is 2.61. The second-order valence-electron chi connectivity index (χ2n) is 4.19. The first-order valence-electron chi connectivity index (χ1n) is 5.28. The van der Waals surface area contributed by atoms with Crippen LogP contribution in [0.25, 0.3) is 0 Å². The Morgan fingerprint density at radius 1 is 1.62 bits per heavy atom. The Kier molecular flexibility index (Phi) is 3.70. The number of hydrogen-bond donors (Lipinski definition) is 0. The Labute approximate surface area is 108 Å². The number of pyridine rings is 1. The second kappa shape index (κ2) is 4.88. The normalized spacial score (nSPS) is 25.9. The number of nitrogens with zero attached hydrogens (tertiary/aromatic N) is 2. The molecule has 2 heterocycles. The van der Waals surface area contributed by atoms with Crippen LogP contribution in [-0.2, 0) is 0 Å². The van der Waals surface area contributed by atoms with Crippen LogP contribution in [0.2, 0.25) is 5.02 Å². The third-order valence-corrected chi connectivity index (χ3v) is 4.35. The molecule has 5 heteroatoms. The van der Waals surface area contributed by atoms with Crippen molar-refractivity contribution in [3.05, 3.63) is 23.1 Å². The van der Waals surface area contributed by atoms with E-state index in [0.717, 1.165) is 19.5 Å². The molecule has 16 heavy (non-hydrogen) atoms. The number of rotatable bonds is 1. The van der Waals surface area contributed by atoms with Gasteiger partial charge in [0.05, 0.1) is 5.02 Å². The van der Waals surface area contributed by atoms with Crippen LogP contribution < -0.4 is 4.90 Å². The summed E-state index contributed by atoms with van der Waals surface area (Å²) in [5, 5.41) is 0.335. The number of piperidine rings is 1. The molecule has 2 atom stereocenters. The summed E-state index contributed by atoms with van der Waals surface area (Å²) in [6.07, 6.45) is 2.53. The lowest BCUT2D eigenvalue weighted by Crippen LogP contribution is -2.41. The lowest BCUT2D eigenvalue weighted by atomic mass is 9.99. The zero-order valence-corrected chi connectivity index (χ0v) is 11.3. The molecule has 1 fully saturated rings. The molecule has 1 aromatic heterocycles. The average Bonchev–Trinajstić information content (AvgIpc) is 2.22. The molecule has 88 valence electrons. The zero-order valence-electron chi connectivity index (χ0n) is 8.96. The molecule has 0 aliphatic carbocycles. The first-order chi connectivity index (χ1) is 7.58. The maximum absolute atomic E-state index is 13.7. The van der Waals surface area contributed by atoms with Crippen molar-refractivity contribution in [2.24, 2.45) is 5.92 Å². The van der Waals surface area contributed by atoms with Crippen molar-refractivity contribution in [1.82, 2.24) is 4.98 Å². The monoisotopic (exact) mass is 306 g/mol. The largest absolute Gasteiger partial charge is 0.353 e. The quantitative estimate of drug-likeness (QED) is 0.738. The Bertz CT molecular complexity index is 388. The van der Waals surface area contributed by atoms with Crippen LogP contribution in [0.1, 0.15) is 13.3 Å². The van der Waals surface area contributed by atoms with E-state index in [1.54, 1.807) is 0 Å². The van der Waals surface area contributed by atoms with Gasteiger partial charge < -0.3 is 4.90 Å². The van der Waals surface area contributed by atoms with Crippen molar-refractivity contribution in [3.8, 4) is 0 Å². The Morgan fingerprint density at radius 2 is 2.38 bits per heavy atom. The summed E-state index contributed by atoms with van der Waals surface area (Å²) in [7, 11) is 0.